The van der Waals surface area contributed by atoms with Crippen molar-refractivity contribution in [2.45, 2.75) is 38.6 Å². The van der Waals surface area contributed by atoms with E-state index in [2.05, 4.69) is 23.3 Å². The molecule has 0 spiro atoms. The molecule has 1 heterocycles. The summed E-state index contributed by atoms with van der Waals surface area (Å²) >= 11 is 1.68. The third-order valence-corrected chi connectivity index (χ3v) is 6.31. The molecule has 1 aromatic heterocycles. The largest absolute Gasteiger partial charge is 0.484 e. The number of hydrogen-bond donors (Lipinski definition) is 1. The minimum absolute atomic E-state index is 0.0380. The van der Waals surface area contributed by atoms with Crippen molar-refractivity contribution in [2.24, 2.45) is 5.92 Å². The monoisotopic (exact) mass is 380 g/mol. The van der Waals surface area contributed by atoms with E-state index in [0.29, 0.717) is 11.7 Å². The van der Waals surface area contributed by atoms with Gasteiger partial charge in [-0.2, -0.15) is 0 Å². The van der Waals surface area contributed by atoms with Crippen LogP contribution in [0, 0.1) is 5.92 Å². The molecule has 1 N–H and O–H groups in total. The molecule has 4 rings (SSSR count). The molecule has 1 aliphatic carbocycles. The Hall–Kier alpha value is -2.40. The number of rotatable bonds is 5. The van der Waals surface area contributed by atoms with Crippen LogP contribution in [0.3, 0.4) is 0 Å². The number of para-hydroxylation sites is 1. The highest BCUT2D eigenvalue weighted by Gasteiger charge is 2.22. The van der Waals surface area contributed by atoms with Crippen molar-refractivity contribution in [3.63, 3.8) is 0 Å². The van der Waals surface area contributed by atoms with Gasteiger partial charge in [0.25, 0.3) is 5.91 Å². The Labute approximate surface area is 163 Å². The van der Waals surface area contributed by atoms with Crippen molar-refractivity contribution < 1.29 is 9.53 Å². The van der Waals surface area contributed by atoms with Gasteiger partial charge in [-0.15, -0.1) is 11.3 Å². The number of ether oxygens (including phenoxy) is 1. The van der Waals surface area contributed by atoms with Gasteiger partial charge in [0.15, 0.2) is 6.61 Å². The number of carbonyl (C=O) groups is 1. The van der Waals surface area contributed by atoms with Crippen LogP contribution in [0.4, 0.5) is 0 Å². The average Bonchev–Trinajstić information content (AvgIpc) is 3.13. The predicted octanol–water partition coefficient (Wildman–Crippen LogP) is 5.04. The molecule has 2 atom stereocenters. The quantitative estimate of drug-likeness (QED) is 0.675. The summed E-state index contributed by atoms with van der Waals surface area (Å²) in [4.78, 5) is 16.8. The zero-order chi connectivity index (χ0) is 18.6. The Balaban J connectivity index is 1.34. The predicted molar refractivity (Wildman–Crippen MR) is 110 cm³/mol. The van der Waals surface area contributed by atoms with E-state index in [9.17, 15) is 4.79 Å². The van der Waals surface area contributed by atoms with Crippen molar-refractivity contribution in [3.05, 3.63) is 48.5 Å². The summed E-state index contributed by atoms with van der Waals surface area (Å²) in [6.45, 7) is 2.27. The number of amides is 1. The van der Waals surface area contributed by atoms with E-state index < -0.39 is 0 Å². The molecule has 1 fully saturated rings. The molecule has 140 valence electrons. The summed E-state index contributed by atoms with van der Waals surface area (Å²) in [6.07, 6.45) is 4.73. The second-order valence-electron chi connectivity index (χ2n) is 7.24. The Kier molecular flexibility index (Phi) is 5.39. The Morgan fingerprint density at radius 3 is 2.70 bits per heavy atom. The zero-order valence-electron chi connectivity index (χ0n) is 15.5. The standard InChI is InChI=1S/C22H24N2O2S/c1-15-6-2-3-7-18(15)23-21(25)14-26-17-12-10-16(11-13-17)22-24-19-8-4-5-9-20(19)27-22/h4-5,8-13,15,18H,2-3,6-7,14H2,1H3,(H,23,25)/t15-,18+/m0/s1. The fourth-order valence-electron chi connectivity index (χ4n) is 3.62. The molecule has 4 nitrogen and oxygen atoms in total. The first-order valence-corrected chi connectivity index (χ1v) is 10.4. The van der Waals surface area contributed by atoms with Gasteiger partial charge in [-0.05, 0) is 55.2 Å². The molecular formula is C22H24N2O2S. The maximum absolute atomic E-state index is 12.2. The molecule has 27 heavy (non-hydrogen) atoms. The van der Waals surface area contributed by atoms with Crippen molar-refractivity contribution in [2.75, 3.05) is 6.61 Å². The van der Waals surface area contributed by atoms with Crippen LogP contribution in [0.15, 0.2) is 48.5 Å². The van der Waals surface area contributed by atoms with Crippen molar-refractivity contribution in [3.8, 4) is 16.3 Å². The second-order valence-corrected chi connectivity index (χ2v) is 8.27. The van der Waals surface area contributed by atoms with Crippen LogP contribution in [-0.2, 0) is 4.79 Å². The molecule has 0 unspecified atom stereocenters. The molecule has 0 bridgehead atoms. The fourth-order valence-corrected chi connectivity index (χ4v) is 4.59. The number of nitrogens with one attached hydrogen (secondary N) is 1. The lowest BCUT2D eigenvalue weighted by atomic mass is 9.86. The number of aromatic nitrogens is 1. The molecule has 0 saturated heterocycles. The van der Waals surface area contributed by atoms with E-state index in [1.807, 2.05) is 42.5 Å². The first kappa shape index (κ1) is 18.0. The van der Waals surface area contributed by atoms with Gasteiger partial charge in [0, 0.05) is 11.6 Å². The fraction of sp³-hybridized carbons (Fsp3) is 0.364. The second kappa shape index (κ2) is 8.09. The average molecular weight is 381 g/mol. The van der Waals surface area contributed by atoms with Crippen LogP contribution in [-0.4, -0.2) is 23.5 Å². The molecule has 5 heteroatoms. The van der Waals surface area contributed by atoms with E-state index in [1.54, 1.807) is 11.3 Å². The SMILES string of the molecule is C[C@H]1CCCC[C@H]1NC(=O)COc1ccc(-c2nc3ccccc3s2)cc1. The van der Waals surface area contributed by atoms with Crippen LogP contribution < -0.4 is 10.1 Å². The summed E-state index contributed by atoms with van der Waals surface area (Å²) in [5, 5.41) is 4.11. The maximum Gasteiger partial charge on any atom is 0.258 e. The summed E-state index contributed by atoms with van der Waals surface area (Å²) in [5.74, 6) is 1.21. The number of carbonyl (C=O) groups excluding carboxylic acids is 1. The summed E-state index contributed by atoms with van der Waals surface area (Å²) in [5.41, 5.74) is 2.08. The molecule has 0 aliphatic heterocycles. The van der Waals surface area contributed by atoms with Gasteiger partial charge in [-0.1, -0.05) is 31.9 Å². The van der Waals surface area contributed by atoms with E-state index >= 15 is 0 Å². The van der Waals surface area contributed by atoms with E-state index in [-0.39, 0.29) is 18.6 Å². The highest BCUT2D eigenvalue weighted by Crippen LogP contribution is 2.31. The number of thiazole rings is 1. The van der Waals surface area contributed by atoms with E-state index in [1.165, 1.54) is 24.0 Å². The van der Waals surface area contributed by atoms with Crippen molar-refractivity contribution in [1.29, 1.82) is 0 Å². The Morgan fingerprint density at radius 1 is 1.15 bits per heavy atom. The lowest BCUT2D eigenvalue weighted by Crippen LogP contribution is -2.43. The molecule has 1 aliphatic rings. The summed E-state index contributed by atoms with van der Waals surface area (Å²) < 4.78 is 6.85. The lowest BCUT2D eigenvalue weighted by molar-refractivity contribution is -0.124. The first-order chi connectivity index (χ1) is 13.2. The van der Waals surface area contributed by atoms with Gasteiger partial charge < -0.3 is 10.1 Å². The molecule has 2 aromatic carbocycles. The minimum atomic E-state index is -0.0380. The van der Waals surface area contributed by atoms with E-state index in [4.69, 9.17) is 4.74 Å². The third-order valence-electron chi connectivity index (χ3n) is 5.22. The van der Waals surface area contributed by atoms with Crippen LogP contribution in [0.1, 0.15) is 32.6 Å². The van der Waals surface area contributed by atoms with Crippen LogP contribution in [0.2, 0.25) is 0 Å². The molecule has 1 saturated carbocycles. The van der Waals surface area contributed by atoms with Crippen LogP contribution in [0.25, 0.3) is 20.8 Å². The van der Waals surface area contributed by atoms with Crippen LogP contribution >= 0.6 is 11.3 Å². The Bertz CT molecular complexity index is 886. The number of nitrogens with zero attached hydrogens (tertiary/aromatic N) is 1. The number of benzene rings is 2. The van der Waals surface area contributed by atoms with E-state index in [0.717, 1.165) is 22.5 Å². The molecule has 1 amide bonds. The Morgan fingerprint density at radius 2 is 1.93 bits per heavy atom. The smallest absolute Gasteiger partial charge is 0.258 e. The maximum atomic E-state index is 12.2. The number of fused-ring (bicyclic) bond motifs is 1. The van der Waals surface area contributed by atoms with Gasteiger partial charge >= 0.3 is 0 Å². The zero-order valence-corrected chi connectivity index (χ0v) is 16.3. The number of hydrogen-bond acceptors (Lipinski definition) is 4. The van der Waals surface area contributed by atoms with Crippen LogP contribution in [0.5, 0.6) is 5.75 Å². The highest BCUT2D eigenvalue weighted by atomic mass is 32.1. The van der Waals surface area contributed by atoms with Gasteiger partial charge in [-0.25, -0.2) is 4.98 Å². The topological polar surface area (TPSA) is 51.2 Å². The first-order valence-electron chi connectivity index (χ1n) is 9.57. The van der Waals surface area contributed by atoms with Gasteiger partial charge in [0.1, 0.15) is 10.8 Å². The minimum Gasteiger partial charge on any atom is -0.484 e. The summed E-state index contributed by atoms with van der Waals surface area (Å²) in [7, 11) is 0. The molecular weight excluding hydrogens is 356 g/mol. The van der Waals surface area contributed by atoms with Gasteiger partial charge in [-0.3, -0.25) is 4.79 Å². The van der Waals surface area contributed by atoms with Crippen molar-refractivity contribution >= 4 is 27.5 Å². The molecule has 3 aromatic rings. The molecule has 0 radical (unpaired) electrons. The normalized spacial score (nSPS) is 19.7. The lowest BCUT2D eigenvalue weighted by Gasteiger charge is -2.29. The van der Waals surface area contributed by atoms with Gasteiger partial charge in [0.2, 0.25) is 0 Å². The van der Waals surface area contributed by atoms with Gasteiger partial charge in [0.05, 0.1) is 10.2 Å². The summed E-state index contributed by atoms with van der Waals surface area (Å²) in [6, 6.07) is 16.2. The van der Waals surface area contributed by atoms with Crippen molar-refractivity contribution in [1.82, 2.24) is 10.3 Å². The highest BCUT2D eigenvalue weighted by molar-refractivity contribution is 7.21. The third kappa shape index (κ3) is 4.30.